The quantitative estimate of drug-likeness (QED) is 0.673. The molecule has 0 amide bonds. The van der Waals surface area contributed by atoms with Gasteiger partial charge in [0.25, 0.3) is 0 Å². The first-order valence-corrected chi connectivity index (χ1v) is 6.38. The molecule has 0 radical (unpaired) electrons. The van der Waals surface area contributed by atoms with Gasteiger partial charge in [-0.1, -0.05) is 34.6 Å². The topological polar surface area (TPSA) is 3.24 Å². The zero-order chi connectivity index (χ0) is 10.4. The fourth-order valence-corrected chi connectivity index (χ4v) is 0.899. The first-order valence-electron chi connectivity index (χ1n) is 4.98. The third kappa shape index (κ3) is 22.4. The minimum absolute atomic E-state index is 1.17. The van der Waals surface area contributed by atoms with E-state index in [1.54, 1.807) is 0 Å². The summed E-state index contributed by atoms with van der Waals surface area (Å²) in [6.45, 7) is 12.6. The lowest BCUT2D eigenvalue weighted by Gasteiger charge is -2.11. The van der Waals surface area contributed by atoms with Crippen LogP contribution in [0.2, 0.25) is 0 Å². The molecule has 78 valence electrons. The molecular formula is C10H27NS. The average Bonchev–Trinajstić information content (AvgIpc) is 2.20. The molecule has 0 aromatic carbocycles. The molecule has 0 N–H and O–H groups in total. The Morgan fingerprint density at radius 1 is 1.08 bits per heavy atom. The Bertz CT molecular complexity index is 49.1. The van der Waals surface area contributed by atoms with Crippen LogP contribution >= 0.6 is 11.8 Å². The van der Waals surface area contributed by atoms with Crippen molar-refractivity contribution >= 4 is 11.8 Å². The van der Waals surface area contributed by atoms with E-state index in [2.05, 4.69) is 25.1 Å². The van der Waals surface area contributed by atoms with E-state index in [1.165, 1.54) is 18.8 Å². The molecule has 1 nitrogen and oxygen atoms in total. The van der Waals surface area contributed by atoms with E-state index in [1.807, 2.05) is 39.5 Å². The standard InChI is InChI=1S/C6H15NS.2C2H6/c1-4-7(2)5-6-8-3;2*1-2/h4-6H2,1-3H3;2*1-2H3. The van der Waals surface area contributed by atoms with Crippen molar-refractivity contribution in [2.24, 2.45) is 0 Å². The van der Waals surface area contributed by atoms with Crippen LogP contribution in [0.4, 0.5) is 0 Å². The molecule has 0 bridgehead atoms. The number of rotatable bonds is 4. The first kappa shape index (κ1) is 18.2. The van der Waals surface area contributed by atoms with Gasteiger partial charge in [-0.3, -0.25) is 0 Å². The van der Waals surface area contributed by atoms with E-state index in [0.717, 1.165) is 0 Å². The van der Waals surface area contributed by atoms with Crippen LogP contribution in [0.15, 0.2) is 0 Å². The van der Waals surface area contributed by atoms with Gasteiger partial charge in [-0.2, -0.15) is 11.8 Å². The molecule has 0 unspecified atom stereocenters. The molecule has 0 saturated heterocycles. The van der Waals surface area contributed by atoms with Gasteiger partial charge in [0, 0.05) is 12.3 Å². The Morgan fingerprint density at radius 3 is 1.75 bits per heavy atom. The van der Waals surface area contributed by atoms with Gasteiger partial charge in [0.05, 0.1) is 0 Å². The molecular weight excluding hydrogens is 166 g/mol. The summed E-state index contributed by atoms with van der Waals surface area (Å²) in [5.74, 6) is 1.25. The summed E-state index contributed by atoms with van der Waals surface area (Å²) in [6, 6.07) is 0. The van der Waals surface area contributed by atoms with E-state index in [9.17, 15) is 0 Å². The molecule has 2 heteroatoms. The van der Waals surface area contributed by atoms with Crippen LogP contribution in [-0.4, -0.2) is 37.0 Å². The molecule has 0 aromatic rings. The second-order valence-electron chi connectivity index (χ2n) is 1.89. The van der Waals surface area contributed by atoms with Gasteiger partial charge in [0.2, 0.25) is 0 Å². The fourth-order valence-electron chi connectivity index (χ4n) is 0.405. The molecule has 0 fully saturated rings. The van der Waals surface area contributed by atoms with Crippen molar-refractivity contribution in [3.63, 3.8) is 0 Å². The molecule has 0 aromatic heterocycles. The van der Waals surface area contributed by atoms with Crippen molar-refractivity contribution in [3.05, 3.63) is 0 Å². The van der Waals surface area contributed by atoms with Crippen molar-refractivity contribution < 1.29 is 0 Å². The third-order valence-corrected chi connectivity index (χ3v) is 1.81. The van der Waals surface area contributed by atoms with Gasteiger partial charge < -0.3 is 4.90 Å². The normalized spacial score (nSPS) is 8.00. The maximum absolute atomic E-state index is 2.32. The van der Waals surface area contributed by atoms with Crippen molar-refractivity contribution in [2.75, 3.05) is 32.1 Å². The van der Waals surface area contributed by atoms with Crippen molar-refractivity contribution in [2.45, 2.75) is 34.6 Å². The summed E-state index contributed by atoms with van der Waals surface area (Å²) in [5.41, 5.74) is 0. The highest BCUT2D eigenvalue weighted by molar-refractivity contribution is 7.98. The highest BCUT2D eigenvalue weighted by Crippen LogP contribution is 1.91. The Hall–Kier alpha value is 0.310. The predicted octanol–water partition coefficient (Wildman–Crippen LogP) is 3.35. The summed E-state index contributed by atoms with van der Waals surface area (Å²) in [5, 5.41) is 0. The summed E-state index contributed by atoms with van der Waals surface area (Å²) in [4.78, 5) is 2.32. The average molecular weight is 193 g/mol. The number of nitrogens with zero attached hydrogens (tertiary/aromatic N) is 1. The Labute approximate surface area is 83.9 Å². The van der Waals surface area contributed by atoms with Crippen LogP contribution in [0.1, 0.15) is 34.6 Å². The van der Waals surface area contributed by atoms with Crippen LogP contribution in [0, 0.1) is 0 Å². The first-order chi connectivity index (χ1) is 5.81. The van der Waals surface area contributed by atoms with E-state index in [-0.39, 0.29) is 0 Å². The summed E-state index contributed by atoms with van der Waals surface area (Å²) in [6.07, 6.45) is 2.14. The number of hydrogen-bond acceptors (Lipinski definition) is 2. The lowest BCUT2D eigenvalue weighted by atomic mass is 10.6. The molecule has 0 heterocycles. The highest BCUT2D eigenvalue weighted by atomic mass is 32.2. The Kier molecular flexibility index (Phi) is 34.1. The lowest BCUT2D eigenvalue weighted by molar-refractivity contribution is 0.377. The third-order valence-electron chi connectivity index (χ3n) is 1.22. The van der Waals surface area contributed by atoms with Crippen LogP contribution in [0.3, 0.4) is 0 Å². The van der Waals surface area contributed by atoms with Crippen molar-refractivity contribution in [1.82, 2.24) is 4.90 Å². The molecule has 0 atom stereocenters. The smallest absolute Gasteiger partial charge is 0.00691 e. The molecule has 0 rings (SSSR count). The molecule has 0 aliphatic carbocycles. The van der Waals surface area contributed by atoms with Gasteiger partial charge in [0.15, 0.2) is 0 Å². The maximum Gasteiger partial charge on any atom is 0.00691 e. The predicted molar refractivity (Wildman–Crippen MR) is 64.2 cm³/mol. The largest absolute Gasteiger partial charge is 0.306 e. The lowest BCUT2D eigenvalue weighted by Crippen LogP contribution is -2.20. The highest BCUT2D eigenvalue weighted by Gasteiger charge is 1.89. The van der Waals surface area contributed by atoms with Crippen LogP contribution in [0.5, 0.6) is 0 Å². The van der Waals surface area contributed by atoms with Crippen molar-refractivity contribution in [3.8, 4) is 0 Å². The van der Waals surface area contributed by atoms with Crippen LogP contribution < -0.4 is 0 Å². The van der Waals surface area contributed by atoms with E-state index < -0.39 is 0 Å². The minimum Gasteiger partial charge on any atom is -0.306 e. The van der Waals surface area contributed by atoms with Gasteiger partial charge in [-0.05, 0) is 19.8 Å². The minimum atomic E-state index is 1.17. The van der Waals surface area contributed by atoms with Gasteiger partial charge in [-0.15, -0.1) is 0 Å². The molecule has 0 aliphatic rings. The van der Waals surface area contributed by atoms with E-state index >= 15 is 0 Å². The zero-order valence-corrected chi connectivity index (χ0v) is 10.8. The summed E-state index contributed by atoms with van der Waals surface area (Å²) < 4.78 is 0. The second kappa shape index (κ2) is 22.5. The van der Waals surface area contributed by atoms with Crippen molar-refractivity contribution in [1.29, 1.82) is 0 Å². The maximum atomic E-state index is 2.32. The van der Waals surface area contributed by atoms with E-state index in [0.29, 0.717) is 0 Å². The Morgan fingerprint density at radius 2 is 1.50 bits per heavy atom. The zero-order valence-electron chi connectivity index (χ0n) is 9.98. The monoisotopic (exact) mass is 193 g/mol. The SMILES string of the molecule is CC.CC.CCN(C)CCSC. The van der Waals surface area contributed by atoms with E-state index in [4.69, 9.17) is 0 Å². The number of thioether (sulfide) groups is 1. The van der Waals surface area contributed by atoms with Crippen LogP contribution in [-0.2, 0) is 0 Å². The molecule has 0 spiro atoms. The molecule has 12 heavy (non-hydrogen) atoms. The van der Waals surface area contributed by atoms with Gasteiger partial charge in [-0.25, -0.2) is 0 Å². The second-order valence-corrected chi connectivity index (χ2v) is 2.87. The Balaban J connectivity index is -0.000000175. The summed E-state index contributed by atoms with van der Waals surface area (Å²) in [7, 11) is 2.15. The number of hydrogen-bond donors (Lipinski definition) is 0. The fraction of sp³-hybridized carbons (Fsp3) is 1.00. The molecule has 0 aliphatic heterocycles. The van der Waals surface area contributed by atoms with Crippen LogP contribution in [0.25, 0.3) is 0 Å². The van der Waals surface area contributed by atoms with Gasteiger partial charge >= 0.3 is 0 Å². The summed E-state index contributed by atoms with van der Waals surface area (Å²) >= 11 is 1.90. The molecule has 0 saturated carbocycles. The van der Waals surface area contributed by atoms with Gasteiger partial charge in [0.1, 0.15) is 0 Å².